The van der Waals surface area contributed by atoms with Gasteiger partial charge in [-0.25, -0.2) is 0 Å². The van der Waals surface area contributed by atoms with Gasteiger partial charge in [0.1, 0.15) is 0 Å². The molecular formula is C21H23NO5. The highest BCUT2D eigenvalue weighted by atomic mass is 16.5. The molecule has 0 spiro atoms. The molecule has 0 amide bonds. The Kier molecular flexibility index (Phi) is 5.26. The third-order valence-corrected chi connectivity index (χ3v) is 4.70. The van der Waals surface area contributed by atoms with E-state index >= 15 is 0 Å². The summed E-state index contributed by atoms with van der Waals surface area (Å²) in [5.41, 5.74) is 1.81. The molecule has 0 aliphatic heterocycles. The predicted molar refractivity (Wildman–Crippen MR) is 105 cm³/mol. The van der Waals surface area contributed by atoms with Gasteiger partial charge < -0.3 is 23.5 Å². The van der Waals surface area contributed by atoms with Crippen molar-refractivity contribution in [3.05, 3.63) is 58.0 Å². The Bertz CT molecular complexity index is 1040. The lowest BCUT2D eigenvalue weighted by Gasteiger charge is -2.16. The van der Waals surface area contributed by atoms with E-state index in [4.69, 9.17) is 18.9 Å². The van der Waals surface area contributed by atoms with Crippen LogP contribution in [0.5, 0.6) is 23.0 Å². The number of aromatic nitrogens is 1. The lowest BCUT2D eigenvalue weighted by molar-refractivity contribution is 0.354. The first kappa shape index (κ1) is 18.6. The Morgan fingerprint density at radius 3 is 2.00 bits per heavy atom. The first-order valence-electron chi connectivity index (χ1n) is 8.48. The molecule has 0 N–H and O–H groups in total. The number of methoxy groups -OCH3 is 4. The zero-order chi connectivity index (χ0) is 19.6. The molecule has 0 atom stereocenters. The van der Waals surface area contributed by atoms with Crippen LogP contribution < -0.4 is 24.5 Å². The second kappa shape index (κ2) is 7.61. The maximum atomic E-state index is 12.5. The van der Waals surface area contributed by atoms with Crippen molar-refractivity contribution < 1.29 is 18.9 Å². The fourth-order valence-corrected chi connectivity index (χ4v) is 3.21. The summed E-state index contributed by atoms with van der Waals surface area (Å²) in [7, 11) is 8.15. The van der Waals surface area contributed by atoms with E-state index in [1.807, 2.05) is 30.3 Å². The van der Waals surface area contributed by atoms with E-state index in [2.05, 4.69) is 0 Å². The average Bonchev–Trinajstić information content (AvgIpc) is 2.70. The zero-order valence-corrected chi connectivity index (χ0v) is 16.2. The van der Waals surface area contributed by atoms with Gasteiger partial charge in [0.15, 0.2) is 23.0 Å². The summed E-state index contributed by atoms with van der Waals surface area (Å²) in [5.74, 6) is 2.53. The van der Waals surface area contributed by atoms with Gasteiger partial charge in [-0.3, -0.25) is 4.79 Å². The van der Waals surface area contributed by atoms with Crippen LogP contribution in [-0.2, 0) is 13.5 Å². The molecule has 3 rings (SSSR count). The molecule has 0 radical (unpaired) electrons. The van der Waals surface area contributed by atoms with Gasteiger partial charge in [0.25, 0.3) is 5.56 Å². The summed E-state index contributed by atoms with van der Waals surface area (Å²) in [5, 5.41) is 1.75. The Morgan fingerprint density at radius 1 is 0.778 bits per heavy atom. The lowest BCUT2D eigenvalue weighted by atomic mass is 10.0. The minimum Gasteiger partial charge on any atom is -0.493 e. The van der Waals surface area contributed by atoms with Gasteiger partial charge >= 0.3 is 0 Å². The van der Waals surface area contributed by atoms with Gasteiger partial charge in [0.2, 0.25) is 0 Å². The van der Waals surface area contributed by atoms with Gasteiger partial charge in [-0.2, -0.15) is 0 Å². The summed E-state index contributed by atoms with van der Waals surface area (Å²) < 4.78 is 23.2. The third-order valence-electron chi connectivity index (χ3n) is 4.70. The number of hydrogen-bond acceptors (Lipinski definition) is 5. The van der Waals surface area contributed by atoms with Gasteiger partial charge in [-0.15, -0.1) is 0 Å². The van der Waals surface area contributed by atoms with E-state index < -0.39 is 0 Å². The predicted octanol–water partition coefficient (Wildman–Crippen LogP) is 3.16. The Labute approximate surface area is 157 Å². The number of nitrogens with zero attached hydrogens (tertiary/aromatic N) is 1. The Morgan fingerprint density at radius 2 is 1.37 bits per heavy atom. The monoisotopic (exact) mass is 369 g/mol. The van der Waals surface area contributed by atoms with E-state index in [0.29, 0.717) is 29.4 Å². The highest BCUT2D eigenvalue weighted by molar-refractivity contribution is 5.88. The van der Waals surface area contributed by atoms with Gasteiger partial charge in [-0.1, -0.05) is 6.07 Å². The molecule has 0 aliphatic carbocycles. The Balaban J connectivity index is 2.18. The first-order chi connectivity index (χ1) is 13.0. The quantitative estimate of drug-likeness (QED) is 0.668. The fraction of sp³-hybridized carbons (Fsp3) is 0.286. The highest BCUT2D eigenvalue weighted by Gasteiger charge is 2.14. The first-order valence-corrected chi connectivity index (χ1v) is 8.48. The second-order valence-electron chi connectivity index (χ2n) is 6.15. The minimum atomic E-state index is -0.0785. The van der Waals surface area contributed by atoms with Gasteiger partial charge in [0.05, 0.1) is 28.4 Å². The summed E-state index contributed by atoms with van der Waals surface area (Å²) in [4.78, 5) is 12.5. The van der Waals surface area contributed by atoms with E-state index in [-0.39, 0.29) is 5.56 Å². The molecule has 0 saturated heterocycles. The molecule has 1 aromatic heterocycles. The number of hydrogen-bond donors (Lipinski definition) is 0. The molecular weight excluding hydrogens is 346 g/mol. The van der Waals surface area contributed by atoms with Crippen molar-refractivity contribution in [2.45, 2.75) is 6.42 Å². The minimum absolute atomic E-state index is 0.0785. The summed E-state index contributed by atoms with van der Waals surface area (Å²) >= 11 is 0. The summed E-state index contributed by atoms with van der Waals surface area (Å²) in [6.07, 6.45) is 0.554. The largest absolute Gasteiger partial charge is 0.493 e. The number of fused-ring (bicyclic) bond motifs is 1. The van der Waals surface area contributed by atoms with E-state index in [1.165, 1.54) is 0 Å². The normalized spacial score (nSPS) is 10.7. The maximum Gasteiger partial charge on any atom is 0.251 e. The van der Waals surface area contributed by atoms with Crippen LogP contribution in [0.3, 0.4) is 0 Å². The smallest absolute Gasteiger partial charge is 0.251 e. The van der Waals surface area contributed by atoms with Gasteiger partial charge in [0, 0.05) is 30.6 Å². The highest BCUT2D eigenvalue weighted by Crippen LogP contribution is 2.34. The van der Waals surface area contributed by atoms with Crippen LogP contribution in [0.1, 0.15) is 11.3 Å². The van der Waals surface area contributed by atoms with Crippen LogP contribution in [0, 0.1) is 0 Å². The number of ether oxygens (including phenoxy) is 4. The summed E-state index contributed by atoms with van der Waals surface area (Å²) in [6.45, 7) is 0. The van der Waals surface area contributed by atoms with Gasteiger partial charge in [-0.05, 0) is 35.2 Å². The molecule has 142 valence electrons. The van der Waals surface area contributed by atoms with Crippen molar-refractivity contribution in [1.29, 1.82) is 0 Å². The standard InChI is InChI=1S/C21H23NO5/c1-22-16(8-13-6-7-17(24-2)18(9-13)25-3)15-12-20(27-5)19(26-4)10-14(15)11-21(22)23/h6-7,9-12H,8H2,1-5H3. The molecule has 0 aliphatic rings. The molecule has 0 saturated carbocycles. The lowest BCUT2D eigenvalue weighted by Crippen LogP contribution is -2.20. The SMILES string of the molecule is COc1ccc(Cc2c3cc(OC)c(OC)cc3cc(=O)n2C)cc1OC. The van der Waals surface area contributed by atoms with E-state index in [1.54, 1.807) is 46.1 Å². The van der Waals surface area contributed by atoms with Crippen LogP contribution in [0.15, 0.2) is 41.2 Å². The Hall–Kier alpha value is -3.15. The fourth-order valence-electron chi connectivity index (χ4n) is 3.21. The molecule has 0 unspecified atom stereocenters. The van der Waals surface area contributed by atoms with E-state index in [9.17, 15) is 4.79 Å². The topological polar surface area (TPSA) is 58.9 Å². The van der Waals surface area contributed by atoms with Crippen molar-refractivity contribution in [2.24, 2.45) is 7.05 Å². The van der Waals surface area contributed by atoms with Crippen LogP contribution in [0.4, 0.5) is 0 Å². The molecule has 6 heteroatoms. The van der Waals surface area contributed by atoms with Crippen molar-refractivity contribution >= 4 is 10.8 Å². The molecule has 1 heterocycles. The van der Waals surface area contributed by atoms with Crippen LogP contribution in [-0.4, -0.2) is 33.0 Å². The van der Waals surface area contributed by atoms with Crippen molar-refractivity contribution in [3.8, 4) is 23.0 Å². The molecule has 2 aromatic carbocycles. The number of rotatable bonds is 6. The van der Waals surface area contributed by atoms with Crippen molar-refractivity contribution in [2.75, 3.05) is 28.4 Å². The summed E-state index contributed by atoms with van der Waals surface area (Å²) in [6, 6.07) is 11.1. The number of pyridine rings is 1. The molecule has 6 nitrogen and oxygen atoms in total. The van der Waals surface area contributed by atoms with Crippen LogP contribution >= 0.6 is 0 Å². The average molecular weight is 369 g/mol. The molecule has 27 heavy (non-hydrogen) atoms. The maximum absolute atomic E-state index is 12.5. The van der Waals surface area contributed by atoms with Crippen molar-refractivity contribution in [3.63, 3.8) is 0 Å². The third kappa shape index (κ3) is 3.43. The van der Waals surface area contributed by atoms with E-state index in [0.717, 1.165) is 22.0 Å². The zero-order valence-electron chi connectivity index (χ0n) is 16.2. The number of benzene rings is 2. The second-order valence-corrected chi connectivity index (χ2v) is 6.15. The molecule has 0 bridgehead atoms. The van der Waals surface area contributed by atoms with Crippen molar-refractivity contribution in [1.82, 2.24) is 4.57 Å². The molecule has 3 aromatic rings. The molecule has 0 fully saturated rings. The van der Waals surface area contributed by atoms with Crippen LogP contribution in [0.25, 0.3) is 10.8 Å². The van der Waals surface area contributed by atoms with Crippen LogP contribution in [0.2, 0.25) is 0 Å².